The molecule has 0 aliphatic heterocycles. The predicted molar refractivity (Wildman–Crippen MR) is 73.9 cm³/mol. The van der Waals surface area contributed by atoms with Gasteiger partial charge in [0.1, 0.15) is 24.4 Å². The van der Waals surface area contributed by atoms with Crippen LogP contribution in [0, 0.1) is 3.57 Å². The van der Waals surface area contributed by atoms with Gasteiger partial charge in [-0.2, -0.15) is 0 Å². The molecule has 1 aromatic carbocycles. The van der Waals surface area contributed by atoms with Gasteiger partial charge in [-0.25, -0.2) is 5.84 Å². The molecular formula is C12H11IN2O3. The maximum absolute atomic E-state index is 11.2. The highest BCUT2D eigenvalue weighted by Crippen LogP contribution is 2.21. The lowest BCUT2D eigenvalue weighted by Crippen LogP contribution is -2.29. The van der Waals surface area contributed by atoms with E-state index in [-0.39, 0.29) is 12.5 Å². The van der Waals surface area contributed by atoms with Crippen LogP contribution in [0.4, 0.5) is 0 Å². The molecule has 1 heterocycles. The van der Waals surface area contributed by atoms with Crippen molar-refractivity contribution in [2.45, 2.75) is 6.61 Å². The first kappa shape index (κ1) is 12.9. The summed E-state index contributed by atoms with van der Waals surface area (Å²) in [5.41, 5.74) is 2.41. The minimum atomic E-state index is -0.390. The van der Waals surface area contributed by atoms with E-state index in [0.717, 1.165) is 9.32 Å². The van der Waals surface area contributed by atoms with Crippen LogP contribution >= 0.6 is 22.6 Å². The van der Waals surface area contributed by atoms with Gasteiger partial charge in [0.25, 0.3) is 5.91 Å². The number of rotatable bonds is 4. The smallest absolute Gasteiger partial charge is 0.268 e. The maximum atomic E-state index is 11.2. The van der Waals surface area contributed by atoms with Gasteiger partial charge in [-0.15, -0.1) is 0 Å². The zero-order valence-corrected chi connectivity index (χ0v) is 11.5. The van der Waals surface area contributed by atoms with E-state index in [0.29, 0.717) is 11.3 Å². The fourth-order valence-electron chi connectivity index (χ4n) is 1.37. The highest BCUT2D eigenvalue weighted by Gasteiger charge is 2.09. The van der Waals surface area contributed by atoms with Crippen molar-refractivity contribution in [3.8, 4) is 5.75 Å². The molecule has 0 fully saturated rings. The van der Waals surface area contributed by atoms with E-state index >= 15 is 0 Å². The van der Waals surface area contributed by atoms with Gasteiger partial charge in [-0.05, 0) is 40.8 Å². The zero-order valence-electron chi connectivity index (χ0n) is 9.35. The largest absolute Gasteiger partial charge is 0.485 e. The van der Waals surface area contributed by atoms with Crippen molar-refractivity contribution in [2.24, 2.45) is 5.84 Å². The Morgan fingerprint density at radius 3 is 2.94 bits per heavy atom. The highest BCUT2D eigenvalue weighted by atomic mass is 127. The Balaban J connectivity index is 2.01. The van der Waals surface area contributed by atoms with Crippen molar-refractivity contribution in [2.75, 3.05) is 0 Å². The number of hydrogen-bond acceptors (Lipinski definition) is 4. The van der Waals surface area contributed by atoms with E-state index in [4.69, 9.17) is 15.0 Å². The van der Waals surface area contributed by atoms with Crippen LogP contribution in [0.5, 0.6) is 5.75 Å². The first-order valence-electron chi connectivity index (χ1n) is 5.16. The van der Waals surface area contributed by atoms with E-state index in [1.165, 1.54) is 6.26 Å². The van der Waals surface area contributed by atoms with E-state index in [9.17, 15) is 4.79 Å². The summed E-state index contributed by atoms with van der Waals surface area (Å²) >= 11 is 2.19. The molecule has 18 heavy (non-hydrogen) atoms. The fourth-order valence-corrected chi connectivity index (χ4v) is 1.91. The standard InChI is InChI=1S/C12H11IN2O3/c13-10-3-1-2-4-11(10)18-7-9-5-8(6-17-9)12(16)15-14/h1-6H,7,14H2,(H,15,16). The van der Waals surface area contributed by atoms with Gasteiger partial charge in [-0.1, -0.05) is 12.1 Å². The van der Waals surface area contributed by atoms with E-state index in [2.05, 4.69) is 22.6 Å². The molecule has 0 atom stereocenters. The van der Waals surface area contributed by atoms with Crippen molar-refractivity contribution in [1.82, 2.24) is 5.43 Å². The van der Waals surface area contributed by atoms with Crippen molar-refractivity contribution in [3.63, 3.8) is 0 Å². The number of hydrogen-bond donors (Lipinski definition) is 2. The van der Waals surface area contributed by atoms with Crippen molar-refractivity contribution < 1.29 is 13.9 Å². The second-order valence-electron chi connectivity index (χ2n) is 3.49. The maximum Gasteiger partial charge on any atom is 0.268 e. The summed E-state index contributed by atoms with van der Waals surface area (Å²) in [6.45, 7) is 0.262. The van der Waals surface area contributed by atoms with Crippen molar-refractivity contribution in [3.05, 3.63) is 51.5 Å². The number of halogens is 1. The second kappa shape index (κ2) is 5.87. The molecule has 1 aromatic heterocycles. The molecule has 1 amide bonds. The Morgan fingerprint density at radius 2 is 2.22 bits per heavy atom. The van der Waals surface area contributed by atoms with Gasteiger partial charge < -0.3 is 9.15 Å². The monoisotopic (exact) mass is 358 g/mol. The molecule has 0 radical (unpaired) electrons. The molecule has 6 heteroatoms. The Labute approximate surface area is 117 Å². The van der Waals surface area contributed by atoms with Crippen LogP contribution in [-0.2, 0) is 6.61 Å². The number of hydrazine groups is 1. The van der Waals surface area contributed by atoms with Gasteiger partial charge in [0.2, 0.25) is 0 Å². The highest BCUT2D eigenvalue weighted by molar-refractivity contribution is 14.1. The number of carbonyl (C=O) groups excluding carboxylic acids is 1. The molecule has 2 aromatic rings. The van der Waals surface area contributed by atoms with Gasteiger partial charge in [0, 0.05) is 0 Å². The third kappa shape index (κ3) is 3.02. The minimum absolute atomic E-state index is 0.262. The molecule has 0 unspecified atom stereocenters. The third-order valence-corrected chi connectivity index (χ3v) is 3.14. The molecule has 0 saturated carbocycles. The summed E-state index contributed by atoms with van der Waals surface area (Å²) in [5.74, 6) is 5.98. The predicted octanol–water partition coefficient (Wildman–Crippen LogP) is 2.07. The molecule has 0 bridgehead atoms. The molecule has 0 saturated heterocycles. The van der Waals surface area contributed by atoms with Crippen LogP contribution in [0.3, 0.4) is 0 Å². The molecule has 0 spiro atoms. The second-order valence-corrected chi connectivity index (χ2v) is 4.66. The molecular weight excluding hydrogens is 347 g/mol. The van der Waals surface area contributed by atoms with Crippen LogP contribution in [0.2, 0.25) is 0 Å². The number of furan rings is 1. The molecule has 3 N–H and O–H groups in total. The number of nitrogen functional groups attached to an aromatic ring is 1. The lowest BCUT2D eigenvalue weighted by molar-refractivity contribution is 0.0953. The SMILES string of the molecule is NNC(=O)c1coc(COc2ccccc2I)c1. The van der Waals surface area contributed by atoms with Gasteiger partial charge in [0.05, 0.1) is 9.13 Å². The molecule has 94 valence electrons. The lowest BCUT2D eigenvalue weighted by atomic mass is 10.3. The summed E-state index contributed by atoms with van der Waals surface area (Å²) < 4.78 is 11.8. The van der Waals surface area contributed by atoms with E-state index in [1.807, 2.05) is 29.7 Å². The third-order valence-electron chi connectivity index (χ3n) is 2.25. The molecule has 5 nitrogen and oxygen atoms in total. The Kier molecular flexibility index (Phi) is 4.21. The minimum Gasteiger partial charge on any atom is -0.485 e. The number of benzene rings is 1. The first-order chi connectivity index (χ1) is 8.70. The molecule has 2 rings (SSSR count). The van der Waals surface area contributed by atoms with Gasteiger partial charge >= 0.3 is 0 Å². The van der Waals surface area contributed by atoms with Crippen LogP contribution in [0.25, 0.3) is 0 Å². The number of para-hydroxylation sites is 1. The Bertz CT molecular complexity index is 554. The summed E-state index contributed by atoms with van der Waals surface area (Å²) in [7, 11) is 0. The Hall–Kier alpha value is -1.54. The molecule has 0 aliphatic carbocycles. The summed E-state index contributed by atoms with van der Waals surface area (Å²) in [5, 5.41) is 0. The van der Waals surface area contributed by atoms with Crippen molar-refractivity contribution in [1.29, 1.82) is 0 Å². The average Bonchev–Trinajstić information content (AvgIpc) is 2.86. The normalized spacial score (nSPS) is 10.1. The zero-order chi connectivity index (χ0) is 13.0. The van der Waals surface area contributed by atoms with E-state index < -0.39 is 0 Å². The van der Waals surface area contributed by atoms with Crippen LogP contribution in [0.1, 0.15) is 16.1 Å². The quantitative estimate of drug-likeness (QED) is 0.380. The number of amides is 1. The van der Waals surface area contributed by atoms with Crippen LogP contribution in [-0.4, -0.2) is 5.91 Å². The number of carbonyl (C=O) groups is 1. The van der Waals surface area contributed by atoms with Crippen LogP contribution < -0.4 is 16.0 Å². The lowest BCUT2D eigenvalue weighted by Gasteiger charge is -2.05. The van der Waals surface area contributed by atoms with Crippen molar-refractivity contribution >= 4 is 28.5 Å². The fraction of sp³-hybridized carbons (Fsp3) is 0.0833. The Morgan fingerprint density at radius 1 is 1.44 bits per heavy atom. The molecule has 0 aliphatic rings. The average molecular weight is 358 g/mol. The number of nitrogens with two attached hydrogens (primary N) is 1. The number of ether oxygens (including phenoxy) is 1. The summed E-state index contributed by atoms with van der Waals surface area (Å²) in [6.07, 6.45) is 1.34. The van der Waals surface area contributed by atoms with Gasteiger partial charge in [-0.3, -0.25) is 10.2 Å². The first-order valence-corrected chi connectivity index (χ1v) is 6.24. The topological polar surface area (TPSA) is 77.5 Å². The van der Waals surface area contributed by atoms with E-state index in [1.54, 1.807) is 6.07 Å². The van der Waals surface area contributed by atoms with Crippen LogP contribution in [0.15, 0.2) is 41.0 Å². The van der Waals surface area contributed by atoms with Gasteiger partial charge in [0.15, 0.2) is 0 Å². The number of nitrogens with one attached hydrogen (secondary N) is 1. The summed E-state index contributed by atoms with van der Waals surface area (Å²) in [6, 6.07) is 9.25. The summed E-state index contributed by atoms with van der Waals surface area (Å²) in [4.78, 5) is 11.2.